The lowest BCUT2D eigenvalue weighted by atomic mass is 10.1. The molecule has 1 aliphatic rings. The quantitative estimate of drug-likeness (QED) is 0.747. The van der Waals surface area contributed by atoms with Crippen molar-refractivity contribution in [3.8, 4) is 5.75 Å². The Hall–Kier alpha value is -1.09. The summed E-state index contributed by atoms with van der Waals surface area (Å²) in [5.74, 6) is 0.534. The molecule has 1 fully saturated rings. The number of halogens is 1. The number of aryl methyl sites for hydroxylation is 1. The van der Waals surface area contributed by atoms with Gasteiger partial charge in [-0.3, -0.25) is 0 Å². The van der Waals surface area contributed by atoms with Gasteiger partial charge in [-0.05, 0) is 43.5 Å². The topological polar surface area (TPSA) is 18.5 Å². The minimum absolute atomic E-state index is 0.114. The largest absolute Gasteiger partial charge is 0.488 e. The zero-order valence-corrected chi connectivity index (χ0v) is 8.83. The first-order valence-corrected chi connectivity index (χ1v) is 5.26. The van der Waals surface area contributed by atoms with Crippen LogP contribution in [0.25, 0.3) is 0 Å². The van der Waals surface area contributed by atoms with Crippen molar-refractivity contribution in [3.63, 3.8) is 0 Å². The van der Waals surface area contributed by atoms with Crippen LogP contribution in [0.2, 0.25) is 0 Å². The number of rotatable bonds is 2. The molecule has 1 unspecified atom stereocenters. The maximum Gasteiger partial charge on any atom is 0.123 e. The highest BCUT2D eigenvalue weighted by molar-refractivity contribution is 5.32. The fraction of sp³-hybridized carbons (Fsp3) is 0.500. The smallest absolute Gasteiger partial charge is 0.123 e. The molecule has 0 radical (unpaired) electrons. The molecule has 1 heterocycles. The predicted molar refractivity (Wildman–Crippen MR) is 55.6 cm³/mol. The molecule has 0 aliphatic carbocycles. The standard InChI is InChI=1S/C12H15FO2/c1-9-7-10(13)4-5-12(9)15-11-3-2-6-14-8-11/h4-5,7,11H,2-3,6,8H2,1H3. The van der Waals surface area contributed by atoms with Crippen LogP contribution >= 0.6 is 0 Å². The molecular weight excluding hydrogens is 195 g/mol. The van der Waals surface area contributed by atoms with Crippen molar-refractivity contribution in [2.24, 2.45) is 0 Å². The van der Waals surface area contributed by atoms with Crippen LogP contribution in [0, 0.1) is 12.7 Å². The van der Waals surface area contributed by atoms with Gasteiger partial charge in [-0.1, -0.05) is 0 Å². The number of ether oxygens (including phenoxy) is 2. The summed E-state index contributed by atoms with van der Waals surface area (Å²) < 4.78 is 23.9. The van der Waals surface area contributed by atoms with Crippen LogP contribution in [0.15, 0.2) is 18.2 Å². The van der Waals surface area contributed by atoms with Gasteiger partial charge in [0.05, 0.1) is 6.61 Å². The molecule has 3 heteroatoms. The molecule has 15 heavy (non-hydrogen) atoms. The maximum atomic E-state index is 12.8. The van der Waals surface area contributed by atoms with Crippen LogP contribution in [0.4, 0.5) is 4.39 Å². The lowest BCUT2D eigenvalue weighted by Gasteiger charge is -2.24. The third kappa shape index (κ3) is 2.69. The van der Waals surface area contributed by atoms with Crippen LogP contribution in [-0.2, 0) is 4.74 Å². The Bertz CT molecular complexity index is 332. The van der Waals surface area contributed by atoms with Gasteiger partial charge in [0.15, 0.2) is 0 Å². The molecule has 0 amide bonds. The van der Waals surface area contributed by atoms with Crippen molar-refractivity contribution in [3.05, 3.63) is 29.6 Å². The molecule has 2 rings (SSSR count). The first-order chi connectivity index (χ1) is 7.25. The Labute approximate surface area is 89.0 Å². The van der Waals surface area contributed by atoms with E-state index in [0.717, 1.165) is 30.8 Å². The average Bonchev–Trinajstić information content (AvgIpc) is 2.24. The predicted octanol–water partition coefficient (Wildman–Crippen LogP) is 2.69. The number of benzene rings is 1. The van der Waals surface area contributed by atoms with Crippen molar-refractivity contribution in [1.29, 1.82) is 0 Å². The molecule has 1 aromatic rings. The highest BCUT2D eigenvalue weighted by Gasteiger charge is 2.16. The number of hydrogen-bond acceptors (Lipinski definition) is 2. The van der Waals surface area contributed by atoms with Gasteiger partial charge < -0.3 is 9.47 Å². The van der Waals surface area contributed by atoms with Gasteiger partial charge in [0, 0.05) is 6.61 Å². The molecule has 1 aliphatic heterocycles. The molecular formula is C12H15FO2. The van der Waals surface area contributed by atoms with Crippen molar-refractivity contribution in [2.45, 2.75) is 25.9 Å². The van der Waals surface area contributed by atoms with E-state index >= 15 is 0 Å². The highest BCUT2D eigenvalue weighted by atomic mass is 19.1. The Kier molecular flexibility index (Phi) is 3.21. The second-order valence-corrected chi connectivity index (χ2v) is 3.87. The Morgan fingerprint density at radius 2 is 2.33 bits per heavy atom. The summed E-state index contributed by atoms with van der Waals surface area (Å²) >= 11 is 0. The van der Waals surface area contributed by atoms with Crippen molar-refractivity contribution < 1.29 is 13.9 Å². The van der Waals surface area contributed by atoms with Gasteiger partial charge in [0.1, 0.15) is 17.7 Å². The van der Waals surface area contributed by atoms with Crippen LogP contribution in [0.3, 0.4) is 0 Å². The Morgan fingerprint density at radius 3 is 3.00 bits per heavy atom. The summed E-state index contributed by atoms with van der Waals surface area (Å²) in [7, 11) is 0. The summed E-state index contributed by atoms with van der Waals surface area (Å²) in [6.45, 7) is 3.31. The molecule has 0 N–H and O–H groups in total. The van der Waals surface area contributed by atoms with Crippen LogP contribution < -0.4 is 4.74 Å². The van der Waals surface area contributed by atoms with Crippen LogP contribution in [0.1, 0.15) is 18.4 Å². The van der Waals surface area contributed by atoms with Crippen molar-refractivity contribution in [1.82, 2.24) is 0 Å². The molecule has 1 aromatic carbocycles. The summed E-state index contributed by atoms with van der Waals surface area (Å²) in [6, 6.07) is 4.59. The number of hydrogen-bond donors (Lipinski definition) is 0. The van der Waals surface area contributed by atoms with E-state index in [-0.39, 0.29) is 11.9 Å². The fourth-order valence-electron chi connectivity index (χ4n) is 1.73. The fourth-order valence-corrected chi connectivity index (χ4v) is 1.73. The zero-order chi connectivity index (χ0) is 10.7. The molecule has 1 saturated heterocycles. The van der Waals surface area contributed by atoms with Gasteiger partial charge in [0.2, 0.25) is 0 Å². The molecule has 82 valence electrons. The molecule has 1 atom stereocenters. The first-order valence-electron chi connectivity index (χ1n) is 5.26. The van der Waals surface area contributed by atoms with Crippen molar-refractivity contribution >= 4 is 0 Å². The Morgan fingerprint density at radius 1 is 1.47 bits per heavy atom. The van der Waals surface area contributed by atoms with Gasteiger partial charge in [-0.2, -0.15) is 0 Å². The summed E-state index contributed by atoms with van der Waals surface area (Å²) in [4.78, 5) is 0. The van der Waals surface area contributed by atoms with Gasteiger partial charge >= 0.3 is 0 Å². The van der Waals surface area contributed by atoms with E-state index in [1.807, 2.05) is 6.92 Å². The first kappa shape index (κ1) is 10.4. The van der Waals surface area contributed by atoms with E-state index in [2.05, 4.69) is 0 Å². The molecule has 0 saturated carbocycles. The lowest BCUT2D eigenvalue weighted by Crippen LogP contribution is -2.28. The van der Waals surface area contributed by atoms with Crippen LogP contribution in [-0.4, -0.2) is 19.3 Å². The second-order valence-electron chi connectivity index (χ2n) is 3.87. The highest BCUT2D eigenvalue weighted by Crippen LogP contribution is 2.22. The molecule has 0 bridgehead atoms. The normalized spacial score (nSPS) is 21.3. The maximum absolute atomic E-state index is 12.8. The zero-order valence-electron chi connectivity index (χ0n) is 8.83. The van der Waals surface area contributed by atoms with Gasteiger partial charge in [-0.25, -0.2) is 4.39 Å². The Balaban J connectivity index is 2.03. The van der Waals surface area contributed by atoms with E-state index in [9.17, 15) is 4.39 Å². The summed E-state index contributed by atoms with van der Waals surface area (Å²) in [5, 5.41) is 0. The molecule has 0 spiro atoms. The van der Waals surface area contributed by atoms with E-state index in [0.29, 0.717) is 6.61 Å². The second kappa shape index (κ2) is 4.62. The van der Waals surface area contributed by atoms with Crippen molar-refractivity contribution in [2.75, 3.05) is 13.2 Å². The SMILES string of the molecule is Cc1cc(F)ccc1OC1CCCOC1. The third-order valence-corrected chi connectivity index (χ3v) is 2.55. The summed E-state index contributed by atoms with van der Waals surface area (Å²) in [6.07, 6.45) is 2.16. The van der Waals surface area contributed by atoms with Gasteiger partial charge in [0.25, 0.3) is 0 Å². The van der Waals surface area contributed by atoms with Crippen LogP contribution in [0.5, 0.6) is 5.75 Å². The minimum atomic E-state index is -0.222. The van der Waals surface area contributed by atoms with E-state index in [1.165, 1.54) is 12.1 Å². The molecule has 2 nitrogen and oxygen atoms in total. The van der Waals surface area contributed by atoms with Gasteiger partial charge in [-0.15, -0.1) is 0 Å². The molecule has 0 aromatic heterocycles. The van der Waals surface area contributed by atoms with E-state index < -0.39 is 0 Å². The lowest BCUT2D eigenvalue weighted by molar-refractivity contribution is 0.00712. The monoisotopic (exact) mass is 210 g/mol. The minimum Gasteiger partial charge on any atom is -0.488 e. The summed E-state index contributed by atoms with van der Waals surface area (Å²) in [5.41, 5.74) is 0.834. The van der Waals surface area contributed by atoms with E-state index in [1.54, 1.807) is 6.07 Å². The van der Waals surface area contributed by atoms with E-state index in [4.69, 9.17) is 9.47 Å². The third-order valence-electron chi connectivity index (χ3n) is 2.55. The average molecular weight is 210 g/mol.